The highest BCUT2D eigenvalue weighted by molar-refractivity contribution is 6.17. The van der Waals surface area contributed by atoms with Crippen LogP contribution in [0.1, 0.15) is 17.6 Å². The predicted molar refractivity (Wildman–Crippen MR) is 40.9 cm³/mol. The van der Waals surface area contributed by atoms with Crippen LogP contribution >= 0.6 is 11.6 Å². The second kappa shape index (κ2) is 3.81. The van der Waals surface area contributed by atoms with Crippen LogP contribution in [-0.2, 0) is 5.88 Å². The van der Waals surface area contributed by atoms with E-state index in [2.05, 4.69) is 0 Å². The molecule has 12 heavy (non-hydrogen) atoms. The molecule has 0 atom stereocenters. The average Bonchev–Trinajstić information content (AvgIpc) is 2.03. The van der Waals surface area contributed by atoms with Crippen molar-refractivity contribution in [3.05, 3.63) is 35.1 Å². The molecule has 0 spiro atoms. The normalized spacial score (nSPS) is 10.8. The van der Waals surface area contributed by atoms with Crippen molar-refractivity contribution in [1.82, 2.24) is 0 Å². The van der Waals surface area contributed by atoms with Crippen LogP contribution in [0.3, 0.4) is 0 Å². The van der Waals surface area contributed by atoms with Gasteiger partial charge in [-0.2, -0.15) is 0 Å². The fourth-order valence-corrected chi connectivity index (χ4v) is 1.03. The monoisotopic (exact) mass is 194 g/mol. The molecule has 0 bridgehead atoms. The Kier molecular flexibility index (Phi) is 2.98. The van der Waals surface area contributed by atoms with Gasteiger partial charge in [-0.1, -0.05) is 0 Å². The highest BCUT2D eigenvalue weighted by Crippen LogP contribution is 2.21. The van der Waals surface area contributed by atoms with Crippen molar-refractivity contribution in [2.45, 2.75) is 12.3 Å². The van der Waals surface area contributed by atoms with Gasteiger partial charge in [-0.15, -0.1) is 11.6 Å². The maximum atomic E-state index is 12.6. The standard InChI is InChI=1S/C8H6ClF3/c9-4-5-1-6(8(11)12)3-7(10)2-5/h1-3,8H,4H2. The average molecular weight is 195 g/mol. The molecule has 0 saturated heterocycles. The summed E-state index contributed by atoms with van der Waals surface area (Å²) in [6.07, 6.45) is -2.65. The van der Waals surface area contributed by atoms with Gasteiger partial charge < -0.3 is 0 Å². The highest BCUT2D eigenvalue weighted by Gasteiger charge is 2.09. The van der Waals surface area contributed by atoms with Crippen molar-refractivity contribution in [3.8, 4) is 0 Å². The smallest absolute Gasteiger partial charge is 0.207 e. The predicted octanol–water partition coefficient (Wildman–Crippen LogP) is 3.50. The highest BCUT2D eigenvalue weighted by atomic mass is 35.5. The molecule has 4 heteroatoms. The van der Waals surface area contributed by atoms with Gasteiger partial charge in [0.15, 0.2) is 0 Å². The van der Waals surface area contributed by atoms with E-state index in [0.29, 0.717) is 5.56 Å². The largest absolute Gasteiger partial charge is 0.263 e. The maximum absolute atomic E-state index is 12.6. The van der Waals surface area contributed by atoms with Crippen LogP contribution < -0.4 is 0 Å². The van der Waals surface area contributed by atoms with Gasteiger partial charge in [0, 0.05) is 11.4 Å². The van der Waals surface area contributed by atoms with Gasteiger partial charge in [-0.25, -0.2) is 13.2 Å². The quantitative estimate of drug-likeness (QED) is 0.632. The van der Waals surface area contributed by atoms with Crippen LogP contribution in [0.4, 0.5) is 13.2 Å². The van der Waals surface area contributed by atoms with Crippen molar-refractivity contribution in [2.24, 2.45) is 0 Å². The Morgan fingerprint density at radius 1 is 1.25 bits per heavy atom. The first-order valence-electron chi connectivity index (χ1n) is 3.27. The summed E-state index contributed by atoms with van der Waals surface area (Å²) >= 11 is 5.36. The van der Waals surface area contributed by atoms with Gasteiger partial charge in [0.2, 0.25) is 0 Å². The van der Waals surface area contributed by atoms with E-state index in [4.69, 9.17) is 11.6 Å². The van der Waals surface area contributed by atoms with Crippen molar-refractivity contribution in [2.75, 3.05) is 0 Å². The van der Waals surface area contributed by atoms with Crippen molar-refractivity contribution < 1.29 is 13.2 Å². The number of rotatable bonds is 2. The Morgan fingerprint density at radius 2 is 1.92 bits per heavy atom. The zero-order valence-electron chi connectivity index (χ0n) is 6.03. The molecule has 0 aromatic heterocycles. The minimum Gasteiger partial charge on any atom is -0.207 e. The first-order valence-corrected chi connectivity index (χ1v) is 3.80. The van der Waals surface area contributed by atoms with Crippen LogP contribution in [0.5, 0.6) is 0 Å². The third kappa shape index (κ3) is 2.14. The molecule has 0 aliphatic heterocycles. The van der Waals surface area contributed by atoms with E-state index >= 15 is 0 Å². The molecule has 0 nitrogen and oxygen atoms in total. The fraction of sp³-hybridized carbons (Fsp3) is 0.250. The number of benzene rings is 1. The summed E-state index contributed by atoms with van der Waals surface area (Å²) in [4.78, 5) is 0. The lowest BCUT2D eigenvalue weighted by molar-refractivity contribution is 0.151. The molecule has 0 radical (unpaired) electrons. The number of hydrogen-bond acceptors (Lipinski definition) is 0. The Labute approximate surface area is 73.0 Å². The van der Waals surface area contributed by atoms with Gasteiger partial charge in [-0.05, 0) is 23.8 Å². The molecule has 0 amide bonds. The Balaban J connectivity index is 3.06. The molecule has 0 aliphatic rings. The van der Waals surface area contributed by atoms with Gasteiger partial charge in [-0.3, -0.25) is 0 Å². The molecule has 1 rings (SSSR count). The van der Waals surface area contributed by atoms with E-state index in [1.165, 1.54) is 6.07 Å². The first kappa shape index (κ1) is 9.39. The lowest BCUT2D eigenvalue weighted by atomic mass is 10.1. The number of halogens is 4. The van der Waals surface area contributed by atoms with Gasteiger partial charge in [0.25, 0.3) is 6.43 Å². The lowest BCUT2D eigenvalue weighted by Crippen LogP contribution is -1.89. The summed E-state index contributed by atoms with van der Waals surface area (Å²) in [6.45, 7) is 0. The molecule has 1 aromatic carbocycles. The van der Waals surface area contributed by atoms with Crippen LogP contribution in [-0.4, -0.2) is 0 Å². The summed E-state index contributed by atoms with van der Waals surface area (Å²) in [5, 5.41) is 0. The molecule has 0 saturated carbocycles. The minimum absolute atomic E-state index is 0.0392. The van der Waals surface area contributed by atoms with E-state index < -0.39 is 12.2 Å². The molecule has 66 valence electrons. The number of hydrogen-bond donors (Lipinski definition) is 0. The van der Waals surface area contributed by atoms with Crippen LogP contribution in [0.2, 0.25) is 0 Å². The second-order valence-corrected chi connectivity index (χ2v) is 2.59. The lowest BCUT2D eigenvalue weighted by Gasteiger charge is -2.01. The Morgan fingerprint density at radius 3 is 2.42 bits per heavy atom. The molecular weight excluding hydrogens is 189 g/mol. The molecule has 0 unspecified atom stereocenters. The van der Waals surface area contributed by atoms with Crippen LogP contribution in [0, 0.1) is 5.82 Å². The summed E-state index contributed by atoms with van der Waals surface area (Å²) in [5.74, 6) is -0.638. The van der Waals surface area contributed by atoms with Gasteiger partial charge in [0.05, 0.1) is 0 Å². The molecule has 1 aromatic rings. The van der Waals surface area contributed by atoms with Crippen molar-refractivity contribution in [3.63, 3.8) is 0 Å². The van der Waals surface area contributed by atoms with E-state index in [0.717, 1.165) is 12.1 Å². The molecule has 0 aliphatic carbocycles. The zero-order valence-corrected chi connectivity index (χ0v) is 6.78. The van der Waals surface area contributed by atoms with E-state index in [9.17, 15) is 13.2 Å². The topological polar surface area (TPSA) is 0 Å². The molecular formula is C8H6ClF3. The SMILES string of the molecule is Fc1cc(CCl)cc(C(F)F)c1. The van der Waals surface area contributed by atoms with Crippen molar-refractivity contribution in [1.29, 1.82) is 0 Å². The van der Waals surface area contributed by atoms with Crippen LogP contribution in [0.15, 0.2) is 18.2 Å². The third-order valence-corrected chi connectivity index (χ3v) is 1.69. The summed E-state index contributed by atoms with van der Waals surface area (Å²) < 4.78 is 36.7. The molecule has 0 fully saturated rings. The maximum Gasteiger partial charge on any atom is 0.263 e. The Hall–Kier alpha value is -0.700. The van der Waals surface area contributed by atoms with E-state index in [-0.39, 0.29) is 11.4 Å². The summed E-state index contributed by atoms with van der Waals surface area (Å²) in [5.41, 5.74) is 0.0395. The summed E-state index contributed by atoms with van der Waals surface area (Å²) in [6, 6.07) is 3.14. The van der Waals surface area contributed by atoms with Gasteiger partial charge >= 0.3 is 0 Å². The second-order valence-electron chi connectivity index (χ2n) is 2.33. The number of alkyl halides is 3. The first-order chi connectivity index (χ1) is 5.63. The Bertz CT molecular complexity index is 273. The molecule has 0 N–H and O–H groups in total. The van der Waals surface area contributed by atoms with E-state index in [1.54, 1.807) is 0 Å². The fourth-order valence-electron chi connectivity index (χ4n) is 0.879. The van der Waals surface area contributed by atoms with Crippen LogP contribution in [0.25, 0.3) is 0 Å². The van der Waals surface area contributed by atoms with Gasteiger partial charge in [0.1, 0.15) is 5.82 Å². The zero-order chi connectivity index (χ0) is 9.14. The molecule has 0 heterocycles. The minimum atomic E-state index is -2.65. The summed E-state index contributed by atoms with van der Waals surface area (Å²) in [7, 11) is 0. The third-order valence-electron chi connectivity index (χ3n) is 1.39. The van der Waals surface area contributed by atoms with Crippen molar-refractivity contribution >= 4 is 11.6 Å². The van der Waals surface area contributed by atoms with E-state index in [1.807, 2.05) is 0 Å².